The zero-order chi connectivity index (χ0) is 12.4. The van der Waals surface area contributed by atoms with Gasteiger partial charge in [0.25, 0.3) is 0 Å². The molecule has 84 valence electrons. The Kier molecular flexibility index (Phi) is 3.12. The van der Waals surface area contributed by atoms with Gasteiger partial charge in [-0.15, -0.1) is 0 Å². The van der Waals surface area contributed by atoms with Gasteiger partial charge < -0.3 is 0 Å². The zero-order valence-corrected chi connectivity index (χ0v) is 9.92. The summed E-state index contributed by atoms with van der Waals surface area (Å²) in [4.78, 5) is 0. The molecule has 0 saturated heterocycles. The predicted octanol–water partition coefficient (Wildman–Crippen LogP) is 4.33. The van der Waals surface area contributed by atoms with E-state index in [0.717, 1.165) is 5.56 Å². The Labute approximate surface area is 104 Å². The number of nitriles is 1. The van der Waals surface area contributed by atoms with E-state index in [1.807, 2.05) is 37.3 Å². The van der Waals surface area contributed by atoms with Crippen molar-refractivity contribution in [2.24, 2.45) is 0 Å². The topological polar surface area (TPSA) is 23.8 Å². The largest absolute Gasteiger partial charge is 0.206 e. The lowest BCUT2D eigenvalue weighted by Crippen LogP contribution is -1.88. The lowest BCUT2D eigenvalue weighted by atomic mass is 10.0. The first-order chi connectivity index (χ1) is 8.11. The molecule has 0 radical (unpaired) electrons. The molecule has 0 atom stereocenters. The van der Waals surface area contributed by atoms with Crippen LogP contribution in [-0.4, -0.2) is 0 Å². The van der Waals surface area contributed by atoms with Gasteiger partial charge in [0, 0.05) is 5.56 Å². The van der Waals surface area contributed by atoms with Crippen LogP contribution in [0.4, 0.5) is 4.39 Å². The minimum atomic E-state index is -0.474. The van der Waals surface area contributed by atoms with Crippen molar-refractivity contribution in [3.05, 3.63) is 58.4 Å². The third-order valence-electron chi connectivity index (χ3n) is 2.51. The number of hydrogen-bond acceptors (Lipinski definition) is 1. The highest BCUT2D eigenvalue weighted by Gasteiger charge is 2.11. The summed E-state index contributed by atoms with van der Waals surface area (Å²) >= 11 is 6.00. The van der Waals surface area contributed by atoms with Crippen molar-refractivity contribution in [3.8, 4) is 17.2 Å². The van der Waals surface area contributed by atoms with Crippen LogP contribution in [0.5, 0.6) is 0 Å². The highest BCUT2D eigenvalue weighted by molar-refractivity contribution is 6.33. The standard InChI is InChI=1S/C14H9ClFN/c1-9-2-4-11(5-3-9)14-12(15)6-10(8-17)7-13(14)16/h2-7H,1H3. The van der Waals surface area contributed by atoms with E-state index in [9.17, 15) is 4.39 Å². The number of aryl methyl sites for hydroxylation is 1. The van der Waals surface area contributed by atoms with Crippen LogP contribution in [0.3, 0.4) is 0 Å². The Balaban J connectivity index is 2.60. The molecule has 17 heavy (non-hydrogen) atoms. The molecule has 2 aromatic carbocycles. The minimum absolute atomic E-state index is 0.225. The number of rotatable bonds is 1. The Hall–Kier alpha value is -1.85. The van der Waals surface area contributed by atoms with Crippen LogP contribution in [0.15, 0.2) is 36.4 Å². The van der Waals surface area contributed by atoms with E-state index in [4.69, 9.17) is 16.9 Å². The molecular formula is C14H9ClFN. The molecule has 0 N–H and O–H groups in total. The second kappa shape index (κ2) is 4.57. The van der Waals surface area contributed by atoms with E-state index < -0.39 is 5.82 Å². The molecule has 0 heterocycles. The number of hydrogen-bond donors (Lipinski definition) is 0. The van der Waals surface area contributed by atoms with Gasteiger partial charge in [-0.25, -0.2) is 4.39 Å². The molecule has 0 aliphatic heterocycles. The summed E-state index contributed by atoms with van der Waals surface area (Å²) in [5.74, 6) is -0.474. The SMILES string of the molecule is Cc1ccc(-c2c(F)cc(C#N)cc2Cl)cc1. The van der Waals surface area contributed by atoms with E-state index in [2.05, 4.69) is 0 Å². The van der Waals surface area contributed by atoms with Crippen molar-refractivity contribution in [2.45, 2.75) is 6.92 Å². The third-order valence-corrected chi connectivity index (χ3v) is 2.81. The molecule has 2 aromatic rings. The van der Waals surface area contributed by atoms with Crippen molar-refractivity contribution >= 4 is 11.6 Å². The van der Waals surface area contributed by atoms with Gasteiger partial charge in [-0.05, 0) is 24.6 Å². The zero-order valence-electron chi connectivity index (χ0n) is 9.17. The summed E-state index contributed by atoms with van der Waals surface area (Å²) in [5, 5.41) is 8.96. The predicted molar refractivity (Wildman–Crippen MR) is 66.3 cm³/mol. The van der Waals surface area contributed by atoms with Crippen LogP contribution in [0.25, 0.3) is 11.1 Å². The third kappa shape index (κ3) is 2.30. The molecule has 0 saturated carbocycles. The number of halogens is 2. The molecule has 0 aliphatic rings. The summed E-state index contributed by atoms with van der Waals surface area (Å²) in [6.07, 6.45) is 0. The maximum absolute atomic E-state index is 13.8. The van der Waals surface area contributed by atoms with Gasteiger partial charge >= 0.3 is 0 Å². The van der Waals surface area contributed by atoms with Crippen LogP contribution in [0, 0.1) is 24.1 Å². The van der Waals surface area contributed by atoms with Crippen molar-refractivity contribution in [2.75, 3.05) is 0 Å². The van der Waals surface area contributed by atoms with E-state index in [0.29, 0.717) is 11.1 Å². The highest BCUT2D eigenvalue weighted by atomic mass is 35.5. The molecule has 0 unspecified atom stereocenters. The Morgan fingerprint density at radius 1 is 1.18 bits per heavy atom. The molecule has 0 aromatic heterocycles. The van der Waals surface area contributed by atoms with Crippen molar-refractivity contribution in [3.63, 3.8) is 0 Å². The summed E-state index contributed by atoms with van der Waals surface area (Å²) < 4.78 is 13.8. The van der Waals surface area contributed by atoms with Crippen molar-refractivity contribution in [1.82, 2.24) is 0 Å². The molecule has 2 rings (SSSR count). The monoisotopic (exact) mass is 245 g/mol. The fourth-order valence-corrected chi connectivity index (χ4v) is 1.95. The first kappa shape index (κ1) is 11.6. The summed E-state index contributed by atoms with van der Waals surface area (Å²) in [5.41, 5.74) is 2.37. The average Bonchev–Trinajstić information content (AvgIpc) is 2.30. The fraction of sp³-hybridized carbons (Fsp3) is 0.0714. The quantitative estimate of drug-likeness (QED) is 0.734. The first-order valence-electron chi connectivity index (χ1n) is 5.08. The van der Waals surface area contributed by atoms with Gasteiger partial charge in [-0.3, -0.25) is 0 Å². The van der Waals surface area contributed by atoms with Crippen LogP contribution in [0.2, 0.25) is 5.02 Å². The summed E-state index contributed by atoms with van der Waals surface area (Å²) in [7, 11) is 0. The molecular weight excluding hydrogens is 237 g/mol. The lowest BCUT2D eigenvalue weighted by molar-refractivity contribution is 0.631. The van der Waals surface area contributed by atoms with Gasteiger partial charge in [-0.2, -0.15) is 5.26 Å². The molecule has 0 fully saturated rings. The molecule has 3 heteroatoms. The number of nitrogens with zero attached hydrogens (tertiary/aromatic N) is 1. The van der Waals surface area contributed by atoms with Crippen molar-refractivity contribution < 1.29 is 4.39 Å². The minimum Gasteiger partial charge on any atom is -0.206 e. The summed E-state index contributed by atoms with van der Waals surface area (Å²) in [6.45, 7) is 1.96. The van der Waals surface area contributed by atoms with E-state index in [1.54, 1.807) is 0 Å². The normalized spacial score (nSPS) is 10.0. The van der Waals surface area contributed by atoms with Gasteiger partial charge in [0.2, 0.25) is 0 Å². The van der Waals surface area contributed by atoms with Crippen LogP contribution in [0.1, 0.15) is 11.1 Å². The smallest absolute Gasteiger partial charge is 0.133 e. The first-order valence-corrected chi connectivity index (χ1v) is 5.46. The van der Waals surface area contributed by atoms with Gasteiger partial charge in [0.05, 0.1) is 16.7 Å². The van der Waals surface area contributed by atoms with Crippen LogP contribution < -0.4 is 0 Å². The van der Waals surface area contributed by atoms with E-state index in [1.165, 1.54) is 12.1 Å². The maximum Gasteiger partial charge on any atom is 0.133 e. The Morgan fingerprint density at radius 3 is 2.35 bits per heavy atom. The maximum atomic E-state index is 13.8. The van der Waals surface area contributed by atoms with Gasteiger partial charge in [0.1, 0.15) is 5.82 Å². The second-order valence-corrected chi connectivity index (χ2v) is 4.20. The number of benzene rings is 2. The van der Waals surface area contributed by atoms with E-state index in [-0.39, 0.29) is 10.6 Å². The van der Waals surface area contributed by atoms with Gasteiger partial charge in [-0.1, -0.05) is 41.4 Å². The average molecular weight is 246 g/mol. The summed E-state index contributed by atoms with van der Waals surface area (Å²) in [6, 6.07) is 11.9. The highest BCUT2D eigenvalue weighted by Crippen LogP contribution is 2.31. The van der Waals surface area contributed by atoms with Crippen molar-refractivity contribution in [1.29, 1.82) is 5.26 Å². The van der Waals surface area contributed by atoms with E-state index >= 15 is 0 Å². The van der Waals surface area contributed by atoms with Crippen LogP contribution in [-0.2, 0) is 0 Å². The second-order valence-electron chi connectivity index (χ2n) is 3.79. The molecule has 0 spiro atoms. The molecule has 0 amide bonds. The lowest BCUT2D eigenvalue weighted by Gasteiger charge is -2.07. The fourth-order valence-electron chi connectivity index (χ4n) is 1.63. The molecule has 1 nitrogen and oxygen atoms in total. The van der Waals surface area contributed by atoms with Crippen LogP contribution >= 0.6 is 11.6 Å². The Bertz CT molecular complexity index is 574. The Morgan fingerprint density at radius 2 is 1.82 bits per heavy atom. The molecule has 0 aliphatic carbocycles. The molecule has 0 bridgehead atoms. The van der Waals surface area contributed by atoms with Gasteiger partial charge in [0.15, 0.2) is 0 Å².